The molecule has 6 heteroatoms. The van der Waals surface area contributed by atoms with Gasteiger partial charge in [-0.1, -0.05) is 44.1 Å². The molecule has 1 aliphatic heterocycles. The highest BCUT2D eigenvalue weighted by Gasteiger charge is 2.65. The fourth-order valence-corrected chi connectivity index (χ4v) is 5.88. The summed E-state index contributed by atoms with van der Waals surface area (Å²) in [6.45, 7) is 10.3. The molecule has 2 aliphatic carbocycles. The lowest BCUT2D eigenvalue weighted by atomic mass is 9.54. The second-order valence-electron chi connectivity index (χ2n) is 10.1. The lowest BCUT2D eigenvalue weighted by molar-refractivity contribution is -0.148. The van der Waals surface area contributed by atoms with Crippen molar-refractivity contribution >= 4 is 11.7 Å². The summed E-state index contributed by atoms with van der Waals surface area (Å²) >= 11 is 0. The molecule has 3 rings (SSSR count). The van der Waals surface area contributed by atoms with Crippen LogP contribution in [0.5, 0.6) is 0 Å². The molecule has 0 saturated carbocycles. The number of aliphatic hydroxyl groups is 3. The first-order chi connectivity index (χ1) is 14.0. The van der Waals surface area contributed by atoms with Crippen LogP contribution in [-0.2, 0) is 9.59 Å². The number of allylic oxidation sites excluding steroid dienone is 4. The van der Waals surface area contributed by atoms with Crippen LogP contribution in [0.4, 0.5) is 0 Å². The first-order valence-electron chi connectivity index (χ1n) is 11.2. The molecule has 0 aromatic heterocycles. The molecule has 0 bridgehead atoms. The SMILES string of the molecule is CC1=C[C@@H]2/C=C(/C)CC[C@H](O)[C@H](O)[C@H](O)CC(=O)[C@]23C(=O)N[C@H](CC(C)C)[C@@H]3[C@@H]1C. The number of hydrogen-bond donors (Lipinski definition) is 4. The number of hydrogen-bond acceptors (Lipinski definition) is 5. The van der Waals surface area contributed by atoms with E-state index in [4.69, 9.17) is 0 Å². The number of nitrogens with one attached hydrogen (secondary N) is 1. The molecule has 168 valence electrons. The highest BCUT2D eigenvalue weighted by molar-refractivity contribution is 6.09. The van der Waals surface area contributed by atoms with Gasteiger partial charge < -0.3 is 20.6 Å². The molecule has 30 heavy (non-hydrogen) atoms. The first-order valence-corrected chi connectivity index (χ1v) is 11.2. The molecule has 3 aliphatic rings. The second-order valence-corrected chi connectivity index (χ2v) is 10.1. The third-order valence-corrected chi connectivity index (χ3v) is 7.54. The van der Waals surface area contributed by atoms with E-state index in [1.165, 1.54) is 5.57 Å². The average Bonchev–Trinajstić information content (AvgIpc) is 2.94. The molecule has 1 fully saturated rings. The van der Waals surface area contributed by atoms with Crippen LogP contribution in [0.1, 0.15) is 60.3 Å². The molecule has 1 heterocycles. The van der Waals surface area contributed by atoms with Crippen LogP contribution in [0.3, 0.4) is 0 Å². The zero-order valence-electron chi connectivity index (χ0n) is 18.8. The molecule has 1 saturated heterocycles. The van der Waals surface area contributed by atoms with Crippen LogP contribution in [0.25, 0.3) is 0 Å². The predicted octanol–water partition coefficient (Wildman–Crippen LogP) is 2.13. The van der Waals surface area contributed by atoms with Gasteiger partial charge in [0.2, 0.25) is 5.91 Å². The number of carbonyl (C=O) groups excluding carboxylic acids is 2. The quantitative estimate of drug-likeness (QED) is 0.405. The number of Topliss-reactive ketones (excluding diaryl/α,β-unsaturated/α-hetero) is 1. The van der Waals surface area contributed by atoms with E-state index in [9.17, 15) is 24.9 Å². The Morgan fingerprint density at radius 2 is 1.80 bits per heavy atom. The van der Waals surface area contributed by atoms with Crippen LogP contribution in [-0.4, -0.2) is 51.4 Å². The lowest BCUT2D eigenvalue weighted by Crippen LogP contribution is -2.53. The van der Waals surface area contributed by atoms with Crippen LogP contribution < -0.4 is 5.32 Å². The van der Waals surface area contributed by atoms with Gasteiger partial charge in [-0.3, -0.25) is 9.59 Å². The molecule has 1 spiro atoms. The average molecular weight is 420 g/mol. The van der Waals surface area contributed by atoms with Crippen molar-refractivity contribution in [2.75, 3.05) is 0 Å². The summed E-state index contributed by atoms with van der Waals surface area (Å²) in [4.78, 5) is 27.3. The number of amides is 1. The Labute approximate surface area is 179 Å². The van der Waals surface area contributed by atoms with Crippen molar-refractivity contribution in [1.82, 2.24) is 5.32 Å². The fourth-order valence-electron chi connectivity index (χ4n) is 5.88. The highest BCUT2D eigenvalue weighted by atomic mass is 16.4. The van der Waals surface area contributed by atoms with Crippen molar-refractivity contribution in [3.63, 3.8) is 0 Å². The Bertz CT molecular complexity index is 757. The van der Waals surface area contributed by atoms with Crippen molar-refractivity contribution in [2.45, 2.75) is 84.7 Å². The highest BCUT2D eigenvalue weighted by Crippen LogP contribution is 2.55. The molecular formula is C24H37NO5. The first kappa shape index (κ1) is 23.2. The van der Waals surface area contributed by atoms with Crippen LogP contribution >= 0.6 is 0 Å². The van der Waals surface area contributed by atoms with E-state index in [1.54, 1.807) is 0 Å². The molecule has 0 aromatic rings. The van der Waals surface area contributed by atoms with E-state index in [0.29, 0.717) is 18.8 Å². The Kier molecular flexibility index (Phi) is 6.61. The van der Waals surface area contributed by atoms with E-state index >= 15 is 0 Å². The maximum atomic E-state index is 13.8. The number of carbonyl (C=O) groups is 2. The van der Waals surface area contributed by atoms with Crippen LogP contribution in [0, 0.1) is 29.1 Å². The summed E-state index contributed by atoms with van der Waals surface area (Å²) in [6.07, 6.45) is 1.35. The summed E-state index contributed by atoms with van der Waals surface area (Å²) in [7, 11) is 0. The molecule has 1 amide bonds. The van der Waals surface area contributed by atoms with E-state index < -0.39 is 29.6 Å². The number of aliphatic hydroxyl groups excluding tert-OH is 3. The largest absolute Gasteiger partial charge is 0.390 e. The monoisotopic (exact) mass is 419 g/mol. The fraction of sp³-hybridized carbons (Fsp3) is 0.750. The Hall–Kier alpha value is -1.50. The van der Waals surface area contributed by atoms with Gasteiger partial charge in [-0.25, -0.2) is 0 Å². The van der Waals surface area contributed by atoms with E-state index in [-0.39, 0.29) is 36.0 Å². The van der Waals surface area contributed by atoms with Crippen molar-refractivity contribution in [3.8, 4) is 0 Å². The maximum Gasteiger partial charge on any atom is 0.235 e. The minimum absolute atomic E-state index is 0.0411. The smallest absolute Gasteiger partial charge is 0.235 e. The van der Waals surface area contributed by atoms with Gasteiger partial charge in [-0.05, 0) is 44.9 Å². The second kappa shape index (κ2) is 8.56. The summed E-state index contributed by atoms with van der Waals surface area (Å²) in [5, 5.41) is 34.3. The molecule has 6 nitrogen and oxygen atoms in total. The minimum atomic E-state index is -1.41. The summed E-state index contributed by atoms with van der Waals surface area (Å²) in [5.41, 5.74) is 0.834. The third kappa shape index (κ3) is 3.78. The standard InChI is InChI=1S/C24H37NO5/c1-12(2)8-17-21-15(5)14(4)10-16-9-13(3)6-7-18(26)22(29)19(27)11-20(28)24(16,21)23(30)25-17/h9-10,12,15-19,21-22,26-27,29H,6-8,11H2,1-5H3,(H,25,30)/b13-9-/t15-,16+,17-,18+,19-,21+,22+,24-/m1/s1. The van der Waals surface area contributed by atoms with Gasteiger partial charge in [0.1, 0.15) is 11.5 Å². The van der Waals surface area contributed by atoms with Gasteiger partial charge in [-0.2, -0.15) is 0 Å². The van der Waals surface area contributed by atoms with Gasteiger partial charge >= 0.3 is 0 Å². The Morgan fingerprint density at radius 1 is 1.13 bits per heavy atom. The van der Waals surface area contributed by atoms with Gasteiger partial charge in [0, 0.05) is 24.3 Å². The zero-order valence-corrected chi connectivity index (χ0v) is 18.8. The van der Waals surface area contributed by atoms with E-state index in [1.807, 2.05) is 19.1 Å². The Balaban J connectivity index is 2.18. The topological polar surface area (TPSA) is 107 Å². The van der Waals surface area contributed by atoms with Gasteiger partial charge in [0.15, 0.2) is 5.78 Å². The molecule has 0 unspecified atom stereocenters. The van der Waals surface area contributed by atoms with Gasteiger partial charge in [0.25, 0.3) is 0 Å². The van der Waals surface area contributed by atoms with Gasteiger partial charge in [0.05, 0.1) is 12.2 Å². The molecule has 0 aromatic carbocycles. The number of ketones is 1. The summed E-state index contributed by atoms with van der Waals surface area (Å²) < 4.78 is 0. The van der Waals surface area contributed by atoms with Crippen molar-refractivity contribution in [1.29, 1.82) is 0 Å². The lowest BCUT2D eigenvalue weighted by Gasteiger charge is -2.45. The molecule has 0 radical (unpaired) electrons. The van der Waals surface area contributed by atoms with Gasteiger partial charge in [-0.15, -0.1) is 0 Å². The minimum Gasteiger partial charge on any atom is -0.390 e. The molecule has 8 atom stereocenters. The van der Waals surface area contributed by atoms with Crippen LogP contribution in [0.15, 0.2) is 23.3 Å². The third-order valence-electron chi connectivity index (χ3n) is 7.54. The van der Waals surface area contributed by atoms with Crippen LogP contribution in [0.2, 0.25) is 0 Å². The van der Waals surface area contributed by atoms with E-state index in [2.05, 4.69) is 33.0 Å². The van der Waals surface area contributed by atoms with Crippen molar-refractivity contribution in [3.05, 3.63) is 23.3 Å². The van der Waals surface area contributed by atoms with E-state index in [0.717, 1.165) is 12.0 Å². The van der Waals surface area contributed by atoms with Crippen molar-refractivity contribution < 1.29 is 24.9 Å². The molecular weight excluding hydrogens is 382 g/mol. The predicted molar refractivity (Wildman–Crippen MR) is 114 cm³/mol. The maximum absolute atomic E-state index is 13.8. The summed E-state index contributed by atoms with van der Waals surface area (Å²) in [6, 6.07) is -0.117. The number of rotatable bonds is 2. The normalized spacial score (nSPS) is 44.4. The summed E-state index contributed by atoms with van der Waals surface area (Å²) in [5.74, 6) is -0.827. The van der Waals surface area contributed by atoms with Crippen molar-refractivity contribution in [2.24, 2.45) is 29.1 Å². The molecule has 4 N–H and O–H groups in total. The Morgan fingerprint density at radius 3 is 2.43 bits per heavy atom. The zero-order chi connectivity index (χ0) is 22.4.